The van der Waals surface area contributed by atoms with Gasteiger partial charge in [0.05, 0.1) is 10.2 Å². The number of carbonyl (C=O) groups excluding carboxylic acids is 1. The Bertz CT molecular complexity index is 1010. The van der Waals surface area contributed by atoms with Crippen LogP contribution in [-0.4, -0.2) is 25.7 Å². The third kappa shape index (κ3) is 2.74. The number of aromatic nitrogens is 4. The minimum Gasteiger partial charge on any atom is -0.298 e. The third-order valence-electron chi connectivity index (χ3n) is 3.42. The molecule has 118 valence electrons. The third-order valence-corrected chi connectivity index (χ3v) is 4.35. The van der Waals surface area contributed by atoms with Gasteiger partial charge >= 0.3 is 0 Å². The Morgan fingerprint density at radius 2 is 1.83 bits per heavy atom. The van der Waals surface area contributed by atoms with Crippen LogP contribution in [0.25, 0.3) is 15.9 Å². The number of nitrogens with zero attached hydrogens (tertiary/aromatic N) is 4. The van der Waals surface area contributed by atoms with Crippen LogP contribution in [0.4, 0.5) is 9.52 Å². The quantitative estimate of drug-likeness (QED) is 0.622. The van der Waals surface area contributed by atoms with Crippen molar-refractivity contribution in [3.05, 3.63) is 66.5 Å². The molecule has 4 rings (SSSR count). The van der Waals surface area contributed by atoms with E-state index in [9.17, 15) is 9.18 Å². The van der Waals surface area contributed by atoms with E-state index in [0.29, 0.717) is 10.7 Å². The first-order valence-corrected chi connectivity index (χ1v) is 7.83. The van der Waals surface area contributed by atoms with E-state index in [1.54, 1.807) is 17.2 Å². The second-order valence-electron chi connectivity index (χ2n) is 5.00. The van der Waals surface area contributed by atoms with Gasteiger partial charge in [-0.1, -0.05) is 11.3 Å². The molecule has 0 saturated heterocycles. The van der Waals surface area contributed by atoms with Crippen LogP contribution in [0.1, 0.15) is 10.4 Å². The molecule has 4 aromatic rings. The number of rotatable bonds is 3. The van der Waals surface area contributed by atoms with Gasteiger partial charge in [-0.15, -0.1) is 10.2 Å². The van der Waals surface area contributed by atoms with Crippen LogP contribution in [0, 0.1) is 5.82 Å². The summed E-state index contributed by atoms with van der Waals surface area (Å²) in [7, 11) is 0. The summed E-state index contributed by atoms with van der Waals surface area (Å²) < 4.78 is 15.6. The second kappa shape index (κ2) is 5.82. The van der Waals surface area contributed by atoms with Gasteiger partial charge in [-0.2, -0.15) is 0 Å². The van der Waals surface area contributed by atoms with Crippen LogP contribution in [0.3, 0.4) is 0 Å². The number of anilines is 1. The van der Waals surface area contributed by atoms with Crippen LogP contribution >= 0.6 is 11.3 Å². The van der Waals surface area contributed by atoms with E-state index in [4.69, 9.17) is 0 Å². The molecule has 6 nitrogen and oxygen atoms in total. The molecule has 24 heavy (non-hydrogen) atoms. The summed E-state index contributed by atoms with van der Waals surface area (Å²) in [5.41, 5.74) is 2.07. The fourth-order valence-corrected chi connectivity index (χ4v) is 3.13. The lowest BCUT2D eigenvalue weighted by atomic mass is 10.2. The van der Waals surface area contributed by atoms with Gasteiger partial charge in [0.1, 0.15) is 18.5 Å². The molecule has 0 aliphatic rings. The highest BCUT2D eigenvalue weighted by molar-refractivity contribution is 7.22. The van der Waals surface area contributed by atoms with Gasteiger partial charge in [-0.3, -0.25) is 14.7 Å². The average molecular weight is 339 g/mol. The van der Waals surface area contributed by atoms with Gasteiger partial charge in [0, 0.05) is 11.3 Å². The molecule has 1 N–H and O–H groups in total. The SMILES string of the molecule is O=C(Nc1nc2ccc(-n3cnnc3)cc2s1)c1ccc(F)cc1. The lowest BCUT2D eigenvalue weighted by Gasteiger charge is -2.00. The lowest BCUT2D eigenvalue weighted by molar-refractivity contribution is 0.102. The minimum absolute atomic E-state index is 0.326. The molecular formula is C16H10FN5OS. The van der Waals surface area contributed by atoms with Crippen molar-refractivity contribution >= 4 is 32.6 Å². The monoisotopic (exact) mass is 339 g/mol. The van der Waals surface area contributed by atoms with Crippen LogP contribution in [0.15, 0.2) is 55.1 Å². The van der Waals surface area contributed by atoms with Crippen LogP contribution in [-0.2, 0) is 0 Å². The number of amides is 1. The standard InChI is InChI=1S/C16H10FN5OS/c17-11-3-1-10(2-4-11)15(23)21-16-20-13-6-5-12(7-14(13)24-16)22-8-18-19-9-22/h1-9H,(H,20,21,23). The molecule has 0 spiro atoms. The molecule has 0 fully saturated rings. The van der Waals surface area contributed by atoms with Crippen LogP contribution in [0.5, 0.6) is 0 Å². The summed E-state index contributed by atoms with van der Waals surface area (Å²) in [6.07, 6.45) is 3.22. The molecule has 0 radical (unpaired) electrons. The fraction of sp³-hybridized carbons (Fsp3) is 0. The largest absolute Gasteiger partial charge is 0.298 e. The highest BCUT2D eigenvalue weighted by Crippen LogP contribution is 2.28. The normalized spacial score (nSPS) is 10.9. The fourth-order valence-electron chi connectivity index (χ4n) is 2.23. The van der Waals surface area contributed by atoms with Crippen molar-refractivity contribution in [2.45, 2.75) is 0 Å². The Morgan fingerprint density at radius 1 is 1.08 bits per heavy atom. The Labute approximate surface area is 139 Å². The molecule has 0 atom stereocenters. The number of thiazole rings is 1. The van der Waals surface area contributed by atoms with E-state index in [-0.39, 0.29) is 11.7 Å². The van der Waals surface area contributed by atoms with Crippen molar-refractivity contribution in [2.75, 3.05) is 5.32 Å². The van der Waals surface area contributed by atoms with Gasteiger partial charge in [0.25, 0.3) is 5.91 Å². The number of nitrogens with one attached hydrogen (secondary N) is 1. The lowest BCUT2D eigenvalue weighted by Crippen LogP contribution is -2.11. The van der Waals surface area contributed by atoms with Gasteiger partial charge in [-0.25, -0.2) is 9.37 Å². The molecule has 0 bridgehead atoms. The van der Waals surface area contributed by atoms with Gasteiger partial charge < -0.3 is 0 Å². The zero-order valence-corrected chi connectivity index (χ0v) is 13.0. The number of hydrogen-bond acceptors (Lipinski definition) is 5. The topological polar surface area (TPSA) is 72.7 Å². The number of hydrogen-bond donors (Lipinski definition) is 1. The first-order chi connectivity index (χ1) is 11.7. The Kier molecular flexibility index (Phi) is 3.51. The second-order valence-corrected chi connectivity index (χ2v) is 6.03. The maximum absolute atomic E-state index is 12.9. The smallest absolute Gasteiger partial charge is 0.257 e. The number of fused-ring (bicyclic) bond motifs is 1. The molecule has 0 unspecified atom stereocenters. The van der Waals surface area contributed by atoms with E-state index < -0.39 is 0 Å². The predicted octanol–water partition coefficient (Wildman–Crippen LogP) is 3.27. The first-order valence-electron chi connectivity index (χ1n) is 7.01. The molecule has 0 saturated carbocycles. The van der Waals surface area contributed by atoms with Crippen molar-refractivity contribution in [2.24, 2.45) is 0 Å². The van der Waals surface area contributed by atoms with Crippen LogP contribution < -0.4 is 5.32 Å². The molecule has 8 heteroatoms. The Hall–Kier alpha value is -3.13. The molecular weight excluding hydrogens is 329 g/mol. The van der Waals surface area contributed by atoms with Gasteiger partial charge in [0.15, 0.2) is 5.13 Å². The van der Waals surface area contributed by atoms with E-state index in [0.717, 1.165) is 15.9 Å². The van der Waals surface area contributed by atoms with Crippen molar-refractivity contribution in [3.8, 4) is 5.69 Å². The first kappa shape index (κ1) is 14.5. The summed E-state index contributed by atoms with van der Waals surface area (Å²) >= 11 is 1.36. The summed E-state index contributed by atoms with van der Waals surface area (Å²) in [6, 6.07) is 11.1. The van der Waals surface area contributed by atoms with E-state index in [1.165, 1.54) is 35.6 Å². The Morgan fingerprint density at radius 3 is 2.58 bits per heavy atom. The van der Waals surface area contributed by atoms with Crippen molar-refractivity contribution in [1.29, 1.82) is 0 Å². The summed E-state index contributed by atoms with van der Waals surface area (Å²) in [4.78, 5) is 16.6. The summed E-state index contributed by atoms with van der Waals surface area (Å²) in [5, 5.41) is 10.8. The molecule has 0 aliphatic heterocycles. The van der Waals surface area contributed by atoms with Crippen molar-refractivity contribution in [1.82, 2.24) is 19.7 Å². The number of benzene rings is 2. The minimum atomic E-state index is -0.381. The zero-order chi connectivity index (χ0) is 16.5. The molecule has 2 aromatic heterocycles. The van der Waals surface area contributed by atoms with Crippen molar-refractivity contribution < 1.29 is 9.18 Å². The molecule has 2 heterocycles. The highest BCUT2D eigenvalue weighted by atomic mass is 32.1. The van der Waals surface area contributed by atoms with E-state index in [2.05, 4.69) is 20.5 Å². The summed E-state index contributed by atoms with van der Waals surface area (Å²) in [6.45, 7) is 0. The highest BCUT2D eigenvalue weighted by Gasteiger charge is 2.11. The zero-order valence-electron chi connectivity index (χ0n) is 12.2. The average Bonchev–Trinajstić information content (AvgIpc) is 3.23. The number of halogens is 1. The van der Waals surface area contributed by atoms with E-state index >= 15 is 0 Å². The Balaban J connectivity index is 1.61. The maximum Gasteiger partial charge on any atom is 0.257 e. The van der Waals surface area contributed by atoms with Gasteiger partial charge in [0.2, 0.25) is 0 Å². The molecule has 1 amide bonds. The van der Waals surface area contributed by atoms with Crippen LogP contribution in [0.2, 0.25) is 0 Å². The van der Waals surface area contributed by atoms with Crippen molar-refractivity contribution in [3.63, 3.8) is 0 Å². The van der Waals surface area contributed by atoms with Gasteiger partial charge in [-0.05, 0) is 42.5 Å². The molecule has 2 aromatic carbocycles. The summed E-state index contributed by atoms with van der Waals surface area (Å²) in [5.74, 6) is -0.707. The van der Waals surface area contributed by atoms with E-state index in [1.807, 2.05) is 18.2 Å². The maximum atomic E-state index is 12.9. The molecule has 0 aliphatic carbocycles. The number of carbonyl (C=O) groups is 1. The predicted molar refractivity (Wildman–Crippen MR) is 88.9 cm³/mol.